The number of aliphatic hydroxyl groups is 1. The predicted octanol–water partition coefficient (Wildman–Crippen LogP) is 2.87. The molecule has 0 aliphatic carbocycles. The van der Waals surface area contributed by atoms with E-state index in [2.05, 4.69) is 19.2 Å². The molecule has 3 nitrogen and oxygen atoms in total. The normalized spacial score (nSPS) is 14.7. The lowest BCUT2D eigenvalue weighted by Gasteiger charge is -2.24. The van der Waals surface area contributed by atoms with Crippen molar-refractivity contribution >= 4 is 5.91 Å². The average Bonchev–Trinajstić information content (AvgIpc) is 2.26. The molecule has 2 N–H and O–H groups in total. The van der Waals surface area contributed by atoms with E-state index in [1.54, 1.807) is 6.92 Å². The van der Waals surface area contributed by atoms with Gasteiger partial charge in [0.1, 0.15) is 0 Å². The summed E-state index contributed by atoms with van der Waals surface area (Å²) in [5.41, 5.74) is -0.770. The van der Waals surface area contributed by atoms with Gasteiger partial charge in [0, 0.05) is 12.5 Å². The lowest BCUT2D eigenvalue weighted by atomic mass is 9.96. The highest BCUT2D eigenvalue weighted by atomic mass is 16.3. The first-order valence-corrected chi connectivity index (χ1v) is 6.96. The SMILES string of the molecule is CCCC(CCC)C(=O)NCC(C)(O)CCC. The highest BCUT2D eigenvalue weighted by molar-refractivity contribution is 5.78. The summed E-state index contributed by atoms with van der Waals surface area (Å²) in [5, 5.41) is 12.9. The van der Waals surface area contributed by atoms with Crippen LogP contribution in [0.5, 0.6) is 0 Å². The Morgan fingerprint density at radius 3 is 2.12 bits per heavy atom. The monoisotopic (exact) mass is 243 g/mol. The molecule has 0 aliphatic rings. The summed E-state index contributed by atoms with van der Waals surface area (Å²) in [4.78, 5) is 12.0. The van der Waals surface area contributed by atoms with E-state index in [-0.39, 0.29) is 11.8 Å². The number of hydrogen-bond acceptors (Lipinski definition) is 2. The van der Waals surface area contributed by atoms with Crippen molar-refractivity contribution < 1.29 is 9.90 Å². The molecule has 0 saturated carbocycles. The Hall–Kier alpha value is -0.570. The minimum Gasteiger partial charge on any atom is -0.388 e. The molecule has 0 aromatic carbocycles. The van der Waals surface area contributed by atoms with Crippen molar-refractivity contribution in [2.24, 2.45) is 5.92 Å². The van der Waals surface area contributed by atoms with Crippen LogP contribution in [0.3, 0.4) is 0 Å². The van der Waals surface area contributed by atoms with Crippen LogP contribution in [0.1, 0.15) is 66.2 Å². The van der Waals surface area contributed by atoms with Gasteiger partial charge in [-0.2, -0.15) is 0 Å². The molecule has 1 atom stereocenters. The van der Waals surface area contributed by atoms with Gasteiger partial charge in [0.2, 0.25) is 5.91 Å². The Balaban J connectivity index is 4.12. The van der Waals surface area contributed by atoms with Gasteiger partial charge in [-0.15, -0.1) is 0 Å². The third-order valence-corrected chi connectivity index (χ3v) is 3.08. The van der Waals surface area contributed by atoms with Crippen LogP contribution in [0.4, 0.5) is 0 Å². The number of rotatable bonds is 9. The van der Waals surface area contributed by atoms with E-state index in [0.717, 1.165) is 38.5 Å². The highest BCUT2D eigenvalue weighted by Crippen LogP contribution is 2.15. The molecule has 17 heavy (non-hydrogen) atoms. The molecule has 0 aromatic rings. The van der Waals surface area contributed by atoms with Crippen molar-refractivity contribution in [2.75, 3.05) is 6.54 Å². The number of amides is 1. The van der Waals surface area contributed by atoms with Crippen LogP contribution in [0.15, 0.2) is 0 Å². The standard InChI is InChI=1S/C14H29NO2/c1-5-8-12(9-6-2)13(16)15-11-14(4,17)10-7-3/h12,17H,5-11H2,1-4H3,(H,15,16). The van der Waals surface area contributed by atoms with Gasteiger partial charge in [-0.1, -0.05) is 40.0 Å². The Kier molecular flexibility index (Phi) is 8.23. The third kappa shape index (κ3) is 7.37. The zero-order valence-electron chi connectivity index (χ0n) is 11.9. The van der Waals surface area contributed by atoms with E-state index in [0.29, 0.717) is 6.54 Å². The molecule has 0 aromatic heterocycles. The van der Waals surface area contributed by atoms with Gasteiger partial charge in [-0.25, -0.2) is 0 Å². The second-order valence-electron chi connectivity index (χ2n) is 5.24. The summed E-state index contributed by atoms with van der Waals surface area (Å²) in [5.74, 6) is 0.215. The quantitative estimate of drug-likeness (QED) is 0.654. The number of hydrogen-bond donors (Lipinski definition) is 2. The van der Waals surface area contributed by atoms with Gasteiger partial charge in [-0.3, -0.25) is 4.79 Å². The van der Waals surface area contributed by atoms with Crippen LogP contribution in [-0.4, -0.2) is 23.2 Å². The molecule has 102 valence electrons. The van der Waals surface area contributed by atoms with Crippen LogP contribution in [-0.2, 0) is 4.79 Å². The molecule has 0 spiro atoms. The van der Waals surface area contributed by atoms with Crippen LogP contribution < -0.4 is 5.32 Å². The van der Waals surface area contributed by atoms with Gasteiger partial charge in [-0.05, 0) is 26.2 Å². The molecule has 0 saturated heterocycles. The molecule has 1 amide bonds. The van der Waals surface area contributed by atoms with Gasteiger partial charge < -0.3 is 10.4 Å². The van der Waals surface area contributed by atoms with E-state index < -0.39 is 5.60 Å². The lowest BCUT2D eigenvalue weighted by molar-refractivity contribution is -0.126. The topological polar surface area (TPSA) is 49.3 Å². The molecule has 0 heterocycles. The zero-order valence-corrected chi connectivity index (χ0v) is 11.9. The maximum Gasteiger partial charge on any atom is 0.223 e. The van der Waals surface area contributed by atoms with Crippen LogP contribution in [0, 0.1) is 5.92 Å². The van der Waals surface area contributed by atoms with Crippen molar-refractivity contribution in [3.8, 4) is 0 Å². The van der Waals surface area contributed by atoms with Crippen molar-refractivity contribution in [2.45, 2.75) is 71.8 Å². The van der Waals surface area contributed by atoms with Gasteiger partial charge in [0.25, 0.3) is 0 Å². The van der Waals surface area contributed by atoms with Gasteiger partial charge >= 0.3 is 0 Å². The summed E-state index contributed by atoms with van der Waals surface area (Å²) in [6.45, 7) is 8.38. The molecule has 1 unspecified atom stereocenters. The lowest BCUT2D eigenvalue weighted by Crippen LogP contribution is -2.42. The van der Waals surface area contributed by atoms with E-state index in [1.807, 2.05) is 6.92 Å². The van der Waals surface area contributed by atoms with E-state index in [4.69, 9.17) is 0 Å². The Bertz CT molecular complexity index is 208. The first-order chi connectivity index (χ1) is 7.96. The molecule has 0 fully saturated rings. The molecular weight excluding hydrogens is 214 g/mol. The van der Waals surface area contributed by atoms with Crippen molar-refractivity contribution in [3.05, 3.63) is 0 Å². The molecule has 0 radical (unpaired) electrons. The fraction of sp³-hybridized carbons (Fsp3) is 0.929. The average molecular weight is 243 g/mol. The second kappa shape index (κ2) is 8.51. The van der Waals surface area contributed by atoms with E-state index >= 15 is 0 Å². The summed E-state index contributed by atoms with van der Waals surface area (Å²) in [7, 11) is 0. The largest absolute Gasteiger partial charge is 0.388 e. The summed E-state index contributed by atoms with van der Waals surface area (Å²) in [6.07, 6.45) is 5.59. The highest BCUT2D eigenvalue weighted by Gasteiger charge is 2.22. The Morgan fingerprint density at radius 1 is 1.18 bits per heavy atom. The maximum absolute atomic E-state index is 12.0. The summed E-state index contributed by atoms with van der Waals surface area (Å²) >= 11 is 0. The van der Waals surface area contributed by atoms with Crippen LogP contribution in [0.2, 0.25) is 0 Å². The fourth-order valence-corrected chi connectivity index (χ4v) is 2.15. The van der Waals surface area contributed by atoms with Crippen LogP contribution >= 0.6 is 0 Å². The van der Waals surface area contributed by atoms with E-state index in [9.17, 15) is 9.90 Å². The Morgan fingerprint density at radius 2 is 1.71 bits per heavy atom. The number of carbonyl (C=O) groups excluding carboxylic acids is 1. The molecule has 0 aliphatic heterocycles. The van der Waals surface area contributed by atoms with Crippen molar-refractivity contribution in [1.29, 1.82) is 0 Å². The molecule has 0 bridgehead atoms. The minimum atomic E-state index is -0.770. The fourth-order valence-electron chi connectivity index (χ4n) is 2.15. The molecular formula is C14H29NO2. The summed E-state index contributed by atoms with van der Waals surface area (Å²) in [6, 6.07) is 0. The first-order valence-electron chi connectivity index (χ1n) is 6.96. The first kappa shape index (κ1) is 16.4. The van der Waals surface area contributed by atoms with E-state index in [1.165, 1.54) is 0 Å². The Labute approximate surface area is 106 Å². The predicted molar refractivity (Wildman–Crippen MR) is 71.8 cm³/mol. The second-order valence-corrected chi connectivity index (χ2v) is 5.24. The molecule has 3 heteroatoms. The summed E-state index contributed by atoms with van der Waals surface area (Å²) < 4.78 is 0. The minimum absolute atomic E-state index is 0.102. The molecule has 0 rings (SSSR count). The number of carbonyl (C=O) groups is 1. The van der Waals surface area contributed by atoms with Crippen molar-refractivity contribution in [3.63, 3.8) is 0 Å². The number of nitrogens with one attached hydrogen (secondary N) is 1. The van der Waals surface area contributed by atoms with Crippen LogP contribution in [0.25, 0.3) is 0 Å². The van der Waals surface area contributed by atoms with Gasteiger partial charge in [0.15, 0.2) is 0 Å². The zero-order chi connectivity index (χ0) is 13.3. The third-order valence-electron chi connectivity index (χ3n) is 3.08. The smallest absolute Gasteiger partial charge is 0.223 e. The maximum atomic E-state index is 12.0. The van der Waals surface area contributed by atoms with Gasteiger partial charge in [0.05, 0.1) is 5.60 Å². The van der Waals surface area contributed by atoms with Crippen molar-refractivity contribution in [1.82, 2.24) is 5.32 Å².